The average molecular weight is 208 g/mol. The zero-order valence-electron chi connectivity index (χ0n) is 10.2. The Balaban J connectivity index is 2.39. The molecule has 0 aliphatic heterocycles. The first-order valence-corrected chi connectivity index (χ1v) is 6.28. The minimum absolute atomic E-state index is 0.353. The molecule has 0 aromatic carbocycles. The van der Waals surface area contributed by atoms with Crippen molar-refractivity contribution in [1.82, 2.24) is 0 Å². The first kappa shape index (κ1) is 12.5. The van der Waals surface area contributed by atoms with E-state index in [0.29, 0.717) is 11.7 Å². The summed E-state index contributed by atoms with van der Waals surface area (Å²) in [5.74, 6) is 2.37. The second kappa shape index (κ2) is 6.09. The van der Waals surface area contributed by atoms with Gasteiger partial charge in [-0.25, -0.2) is 0 Å². The Morgan fingerprint density at radius 3 is 2.87 bits per heavy atom. The third kappa shape index (κ3) is 3.81. The molecule has 1 aliphatic carbocycles. The molecule has 1 saturated carbocycles. The largest absolute Gasteiger partial charge is 0.299 e. The van der Waals surface area contributed by atoms with Crippen LogP contribution in [-0.4, -0.2) is 5.78 Å². The molecule has 0 saturated heterocycles. The fraction of sp³-hybridized carbons (Fsp3) is 0.786. The van der Waals surface area contributed by atoms with Crippen LogP contribution in [0.5, 0.6) is 0 Å². The quantitative estimate of drug-likeness (QED) is 0.493. The van der Waals surface area contributed by atoms with Gasteiger partial charge in [-0.2, -0.15) is 0 Å². The van der Waals surface area contributed by atoms with Crippen molar-refractivity contribution in [3.05, 3.63) is 12.7 Å². The lowest BCUT2D eigenvalue weighted by Gasteiger charge is -2.30. The third-order valence-electron chi connectivity index (χ3n) is 3.71. The second-order valence-corrected chi connectivity index (χ2v) is 5.16. The van der Waals surface area contributed by atoms with Crippen molar-refractivity contribution < 1.29 is 4.79 Å². The highest BCUT2D eigenvalue weighted by Crippen LogP contribution is 2.33. The minimum atomic E-state index is 0.353. The van der Waals surface area contributed by atoms with Crippen LogP contribution >= 0.6 is 0 Å². The number of Topliss-reactive ketones (excluding diaryl/α,β-unsaturated/α-hetero) is 1. The van der Waals surface area contributed by atoms with Gasteiger partial charge in [-0.15, -0.1) is 6.58 Å². The Hall–Kier alpha value is -0.590. The van der Waals surface area contributed by atoms with Gasteiger partial charge in [-0.1, -0.05) is 19.9 Å². The van der Waals surface area contributed by atoms with E-state index in [1.165, 1.54) is 0 Å². The van der Waals surface area contributed by atoms with Crippen LogP contribution in [0.4, 0.5) is 0 Å². The SMILES string of the molecule is C=CCCCC1CC(C(C)C)CCC1=O. The number of unbranched alkanes of at least 4 members (excludes halogenated alkanes) is 1. The van der Waals surface area contributed by atoms with Crippen LogP contribution < -0.4 is 0 Å². The van der Waals surface area contributed by atoms with Gasteiger partial charge in [-0.3, -0.25) is 4.79 Å². The summed E-state index contributed by atoms with van der Waals surface area (Å²) in [5, 5.41) is 0. The first-order chi connectivity index (χ1) is 7.15. The molecule has 1 nitrogen and oxygen atoms in total. The number of ketones is 1. The molecule has 1 rings (SSSR count). The van der Waals surface area contributed by atoms with Crippen molar-refractivity contribution in [3.8, 4) is 0 Å². The maximum Gasteiger partial charge on any atom is 0.135 e. The van der Waals surface area contributed by atoms with Crippen LogP contribution in [0.15, 0.2) is 12.7 Å². The molecule has 0 N–H and O–H groups in total. The van der Waals surface area contributed by atoms with Gasteiger partial charge < -0.3 is 0 Å². The summed E-state index contributed by atoms with van der Waals surface area (Å²) in [6, 6.07) is 0. The molecule has 0 spiro atoms. The maximum absolute atomic E-state index is 11.7. The third-order valence-corrected chi connectivity index (χ3v) is 3.71. The van der Waals surface area contributed by atoms with Gasteiger partial charge in [-0.05, 0) is 43.9 Å². The van der Waals surface area contributed by atoms with E-state index in [1.54, 1.807) is 0 Å². The van der Waals surface area contributed by atoms with Gasteiger partial charge in [0.1, 0.15) is 5.78 Å². The van der Waals surface area contributed by atoms with E-state index in [9.17, 15) is 4.79 Å². The van der Waals surface area contributed by atoms with Crippen molar-refractivity contribution in [2.45, 2.75) is 52.4 Å². The second-order valence-electron chi connectivity index (χ2n) is 5.16. The van der Waals surface area contributed by atoms with Crippen LogP contribution in [0.3, 0.4) is 0 Å². The van der Waals surface area contributed by atoms with Crippen LogP contribution in [0.2, 0.25) is 0 Å². The Bertz CT molecular complexity index is 217. The van der Waals surface area contributed by atoms with E-state index in [1.807, 2.05) is 6.08 Å². The molecule has 0 aromatic heterocycles. The average Bonchev–Trinajstić information content (AvgIpc) is 2.20. The molecule has 2 unspecified atom stereocenters. The highest BCUT2D eigenvalue weighted by molar-refractivity contribution is 5.81. The zero-order valence-corrected chi connectivity index (χ0v) is 10.2. The van der Waals surface area contributed by atoms with Crippen LogP contribution in [0.25, 0.3) is 0 Å². The lowest BCUT2D eigenvalue weighted by atomic mass is 9.74. The smallest absolute Gasteiger partial charge is 0.135 e. The summed E-state index contributed by atoms with van der Waals surface area (Å²) in [6.45, 7) is 8.28. The summed E-state index contributed by atoms with van der Waals surface area (Å²) in [6.07, 6.45) is 8.28. The summed E-state index contributed by atoms with van der Waals surface area (Å²) < 4.78 is 0. The van der Waals surface area contributed by atoms with Crippen molar-refractivity contribution >= 4 is 5.78 Å². The molecule has 0 bridgehead atoms. The highest BCUT2D eigenvalue weighted by atomic mass is 16.1. The molecule has 1 aliphatic rings. The van der Waals surface area contributed by atoms with Gasteiger partial charge >= 0.3 is 0 Å². The standard InChI is InChI=1S/C14H24O/c1-4-5-6-7-13-10-12(11(2)3)8-9-14(13)15/h4,11-13H,1,5-10H2,2-3H3. The number of carbonyl (C=O) groups is 1. The molecule has 0 aromatic rings. The van der Waals surface area contributed by atoms with Gasteiger partial charge in [0.15, 0.2) is 0 Å². The number of hydrogen-bond acceptors (Lipinski definition) is 1. The lowest BCUT2D eigenvalue weighted by Crippen LogP contribution is -2.27. The fourth-order valence-electron chi connectivity index (χ4n) is 2.54. The number of rotatable bonds is 5. The summed E-state index contributed by atoms with van der Waals surface area (Å²) in [4.78, 5) is 11.7. The van der Waals surface area contributed by atoms with E-state index >= 15 is 0 Å². The highest BCUT2D eigenvalue weighted by Gasteiger charge is 2.29. The van der Waals surface area contributed by atoms with Crippen molar-refractivity contribution in [2.24, 2.45) is 17.8 Å². The molecule has 1 fully saturated rings. The Morgan fingerprint density at radius 2 is 2.27 bits per heavy atom. The van der Waals surface area contributed by atoms with Crippen molar-refractivity contribution in [1.29, 1.82) is 0 Å². The van der Waals surface area contributed by atoms with E-state index in [4.69, 9.17) is 0 Å². The topological polar surface area (TPSA) is 17.1 Å². The predicted octanol–water partition coefficient (Wildman–Crippen LogP) is 3.98. The van der Waals surface area contributed by atoms with Gasteiger partial charge in [0.25, 0.3) is 0 Å². The van der Waals surface area contributed by atoms with Crippen LogP contribution in [-0.2, 0) is 4.79 Å². The van der Waals surface area contributed by atoms with Gasteiger partial charge in [0, 0.05) is 12.3 Å². The molecular weight excluding hydrogens is 184 g/mol. The van der Waals surface area contributed by atoms with Crippen LogP contribution in [0.1, 0.15) is 52.4 Å². The molecule has 0 radical (unpaired) electrons. The summed E-state index contributed by atoms with van der Waals surface area (Å²) in [5.41, 5.74) is 0. The summed E-state index contributed by atoms with van der Waals surface area (Å²) in [7, 11) is 0. The summed E-state index contributed by atoms with van der Waals surface area (Å²) >= 11 is 0. The molecule has 0 heterocycles. The normalized spacial score (nSPS) is 27.0. The maximum atomic E-state index is 11.7. The van der Waals surface area contributed by atoms with E-state index in [-0.39, 0.29) is 0 Å². The number of carbonyl (C=O) groups excluding carboxylic acids is 1. The van der Waals surface area contributed by atoms with E-state index in [2.05, 4.69) is 20.4 Å². The Morgan fingerprint density at radius 1 is 1.53 bits per heavy atom. The minimum Gasteiger partial charge on any atom is -0.299 e. The molecule has 1 heteroatoms. The number of hydrogen-bond donors (Lipinski definition) is 0. The monoisotopic (exact) mass is 208 g/mol. The zero-order chi connectivity index (χ0) is 11.3. The number of allylic oxidation sites excluding steroid dienone is 1. The van der Waals surface area contributed by atoms with E-state index in [0.717, 1.165) is 50.4 Å². The molecule has 86 valence electrons. The lowest BCUT2D eigenvalue weighted by molar-refractivity contribution is -0.126. The first-order valence-electron chi connectivity index (χ1n) is 6.28. The molecular formula is C14H24O. The van der Waals surface area contributed by atoms with Crippen LogP contribution in [0, 0.1) is 17.8 Å². The fourth-order valence-corrected chi connectivity index (χ4v) is 2.54. The Labute approximate surface area is 93.9 Å². The Kier molecular flexibility index (Phi) is 5.07. The van der Waals surface area contributed by atoms with Crippen molar-refractivity contribution in [2.75, 3.05) is 0 Å². The molecule has 2 atom stereocenters. The van der Waals surface area contributed by atoms with Gasteiger partial charge in [0.05, 0.1) is 0 Å². The predicted molar refractivity (Wildman–Crippen MR) is 64.7 cm³/mol. The molecule has 0 amide bonds. The van der Waals surface area contributed by atoms with Crippen molar-refractivity contribution in [3.63, 3.8) is 0 Å². The molecule has 15 heavy (non-hydrogen) atoms. The van der Waals surface area contributed by atoms with E-state index < -0.39 is 0 Å². The van der Waals surface area contributed by atoms with Gasteiger partial charge in [0.2, 0.25) is 0 Å².